The lowest BCUT2D eigenvalue weighted by atomic mass is 9.96. The van der Waals surface area contributed by atoms with Crippen molar-refractivity contribution in [3.63, 3.8) is 0 Å². The third-order valence-electron chi connectivity index (χ3n) is 2.85. The minimum atomic E-state index is -3.03. The highest BCUT2D eigenvalue weighted by Crippen LogP contribution is 2.28. The Morgan fingerprint density at radius 1 is 1.31 bits per heavy atom. The van der Waals surface area contributed by atoms with Crippen molar-refractivity contribution >= 4 is 21.8 Å². The molecule has 1 N–H and O–H groups in total. The van der Waals surface area contributed by atoms with Gasteiger partial charge < -0.3 is 0 Å². The molecule has 3 nitrogen and oxygen atoms in total. The highest BCUT2D eigenvalue weighted by atomic mass is 32.2. The third kappa shape index (κ3) is 5.06. The molecule has 0 aromatic heterocycles. The molecule has 2 atom stereocenters. The van der Waals surface area contributed by atoms with Gasteiger partial charge in [0.2, 0.25) is 10.0 Å². The van der Waals surface area contributed by atoms with Crippen molar-refractivity contribution < 1.29 is 8.42 Å². The molecule has 5 heteroatoms. The van der Waals surface area contributed by atoms with Gasteiger partial charge in [-0.25, -0.2) is 13.1 Å². The number of thioether (sulfide) groups is 1. The molecule has 0 aliphatic heterocycles. The largest absolute Gasteiger partial charge is 0.212 e. The predicted octanol–water partition coefficient (Wildman–Crippen LogP) is 2.38. The summed E-state index contributed by atoms with van der Waals surface area (Å²) in [5, 5.41) is 0.646. The first kappa shape index (κ1) is 14.3. The zero-order valence-corrected chi connectivity index (χ0v) is 11.9. The molecule has 0 heterocycles. The van der Waals surface area contributed by atoms with Crippen molar-refractivity contribution in [3.05, 3.63) is 0 Å². The van der Waals surface area contributed by atoms with Crippen LogP contribution in [0.4, 0.5) is 0 Å². The van der Waals surface area contributed by atoms with Crippen LogP contribution in [0.1, 0.15) is 46.0 Å². The summed E-state index contributed by atoms with van der Waals surface area (Å²) >= 11 is 1.96. The van der Waals surface area contributed by atoms with Gasteiger partial charge in [-0.1, -0.05) is 20.3 Å². The topological polar surface area (TPSA) is 46.2 Å². The first-order valence-corrected chi connectivity index (χ1v) is 8.89. The van der Waals surface area contributed by atoms with E-state index >= 15 is 0 Å². The average Bonchev–Trinajstić information content (AvgIpc) is 2.17. The highest BCUT2D eigenvalue weighted by molar-refractivity contribution is 7.99. The van der Waals surface area contributed by atoms with E-state index in [4.69, 9.17) is 0 Å². The Bertz CT molecular complexity index is 288. The molecule has 0 spiro atoms. The van der Waals surface area contributed by atoms with Gasteiger partial charge in [-0.05, 0) is 31.4 Å². The molecule has 0 bridgehead atoms. The molecule has 1 aliphatic rings. The van der Waals surface area contributed by atoms with Crippen molar-refractivity contribution in [3.8, 4) is 0 Å². The standard InChI is InChI=1S/C11H23NO2S2/c1-3-8-16(13,14)12-10-6-5-7-11(9-10)15-4-2/h10-12H,3-9H2,1-2H3/t10-,11-/m0/s1. The van der Waals surface area contributed by atoms with Crippen LogP contribution < -0.4 is 4.72 Å². The lowest BCUT2D eigenvalue weighted by Gasteiger charge is -2.28. The van der Waals surface area contributed by atoms with E-state index in [2.05, 4.69) is 11.6 Å². The summed E-state index contributed by atoms with van der Waals surface area (Å²) < 4.78 is 26.1. The number of rotatable bonds is 6. The van der Waals surface area contributed by atoms with E-state index in [0.717, 1.165) is 25.0 Å². The van der Waals surface area contributed by atoms with Crippen LogP contribution in [-0.2, 0) is 10.0 Å². The Hall–Kier alpha value is 0.260. The normalized spacial score (nSPS) is 26.9. The minimum Gasteiger partial charge on any atom is -0.212 e. The lowest BCUT2D eigenvalue weighted by Crippen LogP contribution is -2.40. The molecule has 0 radical (unpaired) electrons. The van der Waals surface area contributed by atoms with Crippen LogP contribution >= 0.6 is 11.8 Å². The van der Waals surface area contributed by atoms with Gasteiger partial charge in [-0.2, -0.15) is 11.8 Å². The number of nitrogens with one attached hydrogen (secondary N) is 1. The highest BCUT2D eigenvalue weighted by Gasteiger charge is 2.24. The van der Waals surface area contributed by atoms with Gasteiger partial charge in [-0.3, -0.25) is 0 Å². The lowest BCUT2D eigenvalue weighted by molar-refractivity contribution is 0.420. The van der Waals surface area contributed by atoms with Crippen LogP contribution in [0.25, 0.3) is 0 Å². The van der Waals surface area contributed by atoms with Crippen molar-refractivity contribution in [2.75, 3.05) is 11.5 Å². The van der Waals surface area contributed by atoms with Crippen molar-refractivity contribution in [2.45, 2.75) is 57.2 Å². The fraction of sp³-hybridized carbons (Fsp3) is 1.00. The zero-order valence-electron chi connectivity index (χ0n) is 10.2. The van der Waals surface area contributed by atoms with Gasteiger partial charge in [0.15, 0.2) is 0 Å². The van der Waals surface area contributed by atoms with Gasteiger partial charge in [0.05, 0.1) is 5.75 Å². The zero-order chi connectivity index (χ0) is 12.0. The van der Waals surface area contributed by atoms with E-state index in [1.165, 1.54) is 6.42 Å². The maximum atomic E-state index is 11.6. The Morgan fingerprint density at radius 3 is 2.69 bits per heavy atom. The molecule has 1 rings (SSSR count). The quantitative estimate of drug-likeness (QED) is 0.802. The van der Waals surface area contributed by atoms with E-state index in [-0.39, 0.29) is 11.8 Å². The van der Waals surface area contributed by atoms with Gasteiger partial charge in [-0.15, -0.1) is 0 Å². The average molecular weight is 265 g/mol. The molecule has 0 aromatic rings. The Morgan fingerprint density at radius 2 is 2.06 bits per heavy atom. The van der Waals surface area contributed by atoms with E-state index in [0.29, 0.717) is 11.7 Å². The smallest absolute Gasteiger partial charge is 0.211 e. The third-order valence-corrected chi connectivity index (χ3v) is 5.72. The molecule has 1 fully saturated rings. The molecule has 0 aromatic carbocycles. The Balaban J connectivity index is 2.42. The Kier molecular flexibility index (Phi) is 6.15. The molecule has 1 saturated carbocycles. The van der Waals surface area contributed by atoms with Gasteiger partial charge >= 0.3 is 0 Å². The maximum Gasteiger partial charge on any atom is 0.211 e. The van der Waals surface area contributed by atoms with Gasteiger partial charge in [0.1, 0.15) is 0 Å². The minimum absolute atomic E-state index is 0.175. The molecule has 1 aliphatic carbocycles. The van der Waals surface area contributed by atoms with Crippen LogP contribution in [0, 0.1) is 0 Å². The predicted molar refractivity (Wildman–Crippen MR) is 71.4 cm³/mol. The fourth-order valence-corrected chi connectivity index (χ4v) is 4.77. The Labute approximate surface area is 104 Å². The van der Waals surface area contributed by atoms with Crippen LogP contribution in [0.15, 0.2) is 0 Å². The summed E-state index contributed by atoms with van der Waals surface area (Å²) in [4.78, 5) is 0. The molecular weight excluding hydrogens is 242 g/mol. The van der Waals surface area contributed by atoms with Gasteiger partial charge in [0, 0.05) is 11.3 Å². The summed E-state index contributed by atoms with van der Waals surface area (Å²) in [7, 11) is -3.03. The van der Waals surface area contributed by atoms with Gasteiger partial charge in [0.25, 0.3) is 0 Å². The van der Waals surface area contributed by atoms with Crippen LogP contribution in [0.5, 0.6) is 0 Å². The van der Waals surface area contributed by atoms with E-state index in [9.17, 15) is 8.42 Å². The summed E-state index contributed by atoms with van der Waals surface area (Å²) in [6.45, 7) is 4.06. The van der Waals surface area contributed by atoms with Crippen LogP contribution in [0.3, 0.4) is 0 Å². The molecule has 16 heavy (non-hydrogen) atoms. The summed E-state index contributed by atoms with van der Waals surface area (Å²) in [5.74, 6) is 1.38. The molecule has 0 saturated heterocycles. The second kappa shape index (κ2) is 6.87. The summed E-state index contributed by atoms with van der Waals surface area (Å²) in [6.07, 6.45) is 5.09. The number of hydrogen-bond donors (Lipinski definition) is 1. The summed E-state index contributed by atoms with van der Waals surface area (Å²) in [6, 6.07) is 0.175. The van der Waals surface area contributed by atoms with Crippen LogP contribution in [0.2, 0.25) is 0 Å². The second-order valence-electron chi connectivity index (χ2n) is 4.38. The monoisotopic (exact) mass is 265 g/mol. The summed E-state index contributed by atoms with van der Waals surface area (Å²) in [5.41, 5.74) is 0. The van der Waals surface area contributed by atoms with Crippen molar-refractivity contribution in [1.82, 2.24) is 4.72 Å². The SMILES string of the molecule is CCCS(=O)(=O)N[C@H]1CCC[C@H](SCC)C1. The van der Waals surface area contributed by atoms with E-state index in [1.54, 1.807) is 0 Å². The fourth-order valence-electron chi connectivity index (χ4n) is 2.22. The molecule has 96 valence electrons. The molecule has 0 unspecified atom stereocenters. The van der Waals surface area contributed by atoms with Crippen molar-refractivity contribution in [2.24, 2.45) is 0 Å². The van der Waals surface area contributed by atoms with Crippen molar-refractivity contribution in [1.29, 1.82) is 0 Å². The molecule has 0 amide bonds. The van der Waals surface area contributed by atoms with Crippen LogP contribution in [-0.4, -0.2) is 31.2 Å². The first-order chi connectivity index (χ1) is 7.57. The second-order valence-corrected chi connectivity index (χ2v) is 7.83. The first-order valence-electron chi connectivity index (χ1n) is 6.19. The van der Waals surface area contributed by atoms with E-state index in [1.807, 2.05) is 18.7 Å². The number of sulfonamides is 1. The maximum absolute atomic E-state index is 11.6. The number of hydrogen-bond acceptors (Lipinski definition) is 3. The van der Waals surface area contributed by atoms with E-state index < -0.39 is 10.0 Å². The molecular formula is C11H23NO2S2.